The summed E-state index contributed by atoms with van der Waals surface area (Å²) in [6.45, 7) is 1.43. The third kappa shape index (κ3) is 3.54. The van der Waals surface area contributed by atoms with Crippen molar-refractivity contribution in [1.29, 1.82) is 0 Å². The van der Waals surface area contributed by atoms with Gasteiger partial charge in [-0.1, -0.05) is 34.1 Å². The Morgan fingerprint density at radius 2 is 2.22 bits per heavy atom. The molecule has 98 valence electrons. The molecule has 1 aliphatic heterocycles. The number of rotatable bonds is 5. The number of benzene rings is 1. The second-order valence-corrected chi connectivity index (χ2v) is 5.24. The van der Waals surface area contributed by atoms with Crippen molar-refractivity contribution in [3.63, 3.8) is 0 Å². The minimum absolute atomic E-state index is 0.00795. The van der Waals surface area contributed by atoms with E-state index in [1.807, 2.05) is 24.3 Å². The van der Waals surface area contributed by atoms with Gasteiger partial charge < -0.3 is 15.2 Å². The van der Waals surface area contributed by atoms with Gasteiger partial charge in [-0.05, 0) is 24.5 Å². The van der Waals surface area contributed by atoms with Crippen LogP contribution in [-0.2, 0) is 16.1 Å². The number of carbonyl (C=O) groups is 1. The molecule has 1 aromatic carbocycles. The van der Waals surface area contributed by atoms with Crippen LogP contribution in [0.5, 0.6) is 0 Å². The highest BCUT2D eigenvalue weighted by atomic mass is 79.9. The van der Waals surface area contributed by atoms with E-state index in [2.05, 4.69) is 21.2 Å². The second kappa shape index (κ2) is 6.31. The lowest BCUT2D eigenvalue weighted by Gasteiger charge is -2.12. The molecular formula is C13H16BrNO3. The molecule has 1 fully saturated rings. The molecular weight excluding hydrogens is 298 g/mol. The van der Waals surface area contributed by atoms with Crippen LogP contribution in [0.3, 0.4) is 0 Å². The van der Waals surface area contributed by atoms with Gasteiger partial charge in [-0.3, -0.25) is 0 Å². The largest absolute Gasteiger partial charge is 0.479 e. The van der Waals surface area contributed by atoms with Crippen LogP contribution in [0.2, 0.25) is 0 Å². The van der Waals surface area contributed by atoms with E-state index < -0.39 is 12.1 Å². The summed E-state index contributed by atoms with van der Waals surface area (Å²) < 4.78 is 6.49. The van der Waals surface area contributed by atoms with Gasteiger partial charge in [-0.25, -0.2) is 4.79 Å². The molecule has 0 saturated carbocycles. The third-order valence-electron chi connectivity index (χ3n) is 3.03. The summed E-state index contributed by atoms with van der Waals surface area (Å²) in [6.07, 6.45) is 0.797. The van der Waals surface area contributed by atoms with Crippen molar-refractivity contribution in [3.8, 4) is 0 Å². The molecule has 0 spiro atoms. The van der Waals surface area contributed by atoms with Crippen LogP contribution in [0.25, 0.3) is 0 Å². The third-order valence-corrected chi connectivity index (χ3v) is 3.80. The van der Waals surface area contributed by atoms with Crippen LogP contribution >= 0.6 is 15.9 Å². The molecule has 0 bridgehead atoms. The number of ether oxygens (including phenoxy) is 1. The summed E-state index contributed by atoms with van der Waals surface area (Å²) >= 11 is 3.49. The van der Waals surface area contributed by atoms with Crippen molar-refractivity contribution in [3.05, 3.63) is 34.3 Å². The molecule has 0 amide bonds. The fraction of sp³-hybridized carbons (Fsp3) is 0.462. The highest BCUT2D eigenvalue weighted by molar-refractivity contribution is 9.10. The average Bonchev–Trinajstić information content (AvgIpc) is 2.80. The molecule has 1 aliphatic rings. The molecule has 2 rings (SSSR count). The van der Waals surface area contributed by atoms with Gasteiger partial charge in [0.25, 0.3) is 0 Å². The van der Waals surface area contributed by atoms with Crippen molar-refractivity contribution >= 4 is 21.9 Å². The number of halogens is 1. The second-order valence-electron chi connectivity index (χ2n) is 4.38. The van der Waals surface area contributed by atoms with Crippen LogP contribution in [-0.4, -0.2) is 29.8 Å². The minimum Gasteiger partial charge on any atom is -0.479 e. The van der Waals surface area contributed by atoms with Gasteiger partial charge in [-0.15, -0.1) is 0 Å². The number of nitrogens with one attached hydrogen (secondary N) is 1. The van der Waals surface area contributed by atoms with Crippen molar-refractivity contribution in [2.24, 2.45) is 0 Å². The van der Waals surface area contributed by atoms with E-state index in [0.717, 1.165) is 17.4 Å². The van der Waals surface area contributed by atoms with Crippen LogP contribution in [0, 0.1) is 0 Å². The molecule has 18 heavy (non-hydrogen) atoms. The first-order valence-electron chi connectivity index (χ1n) is 5.99. The fourth-order valence-electron chi connectivity index (χ4n) is 2.05. The van der Waals surface area contributed by atoms with Crippen molar-refractivity contribution in [2.75, 3.05) is 6.54 Å². The number of hydrogen-bond acceptors (Lipinski definition) is 3. The highest BCUT2D eigenvalue weighted by Crippen LogP contribution is 2.20. The standard InChI is InChI=1S/C13H16BrNO3/c14-11-4-2-1-3-9(11)7-15-8-10-5-6-12(18-10)13(16)17/h1-4,10,12,15H,5-8H2,(H,16,17). The fourth-order valence-corrected chi connectivity index (χ4v) is 2.47. The monoisotopic (exact) mass is 313 g/mol. The van der Waals surface area contributed by atoms with Crippen LogP contribution in [0.1, 0.15) is 18.4 Å². The number of carboxylic acid groups (broad SMARTS) is 1. The van der Waals surface area contributed by atoms with E-state index in [1.54, 1.807) is 0 Å². The summed E-state index contributed by atoms with van der Waals surface area (Å²) in [6, 6.07) is 8.02. The Bertz CT molecular complexity index is 424. The Hall–Kier alpha value is -0.910. The Labute approximate surface area is 114 Å². The smallest absolute Gasteiger partial charge is 0.332 e. The van der Waals surface area contributed by atoms with E-state index in [-0.39, 0.29) is 6.10 Å². The first kappa shape index (κ1) is 13.5. The predicted octanol–water partition coefficient (Wildman–Crippen LogP) is 2.17. The maximum absolute atomic E-state index is 10.7. The first-order valence-corrected chi connectivity index (χ1v) is 6.78. The lowest BCUT2D eigenvalue weighted by Crippen LogP contribution is -2.28. The first-order chi connectivity index (χ1) is 8.66. The van der Waals surface area contributed by atoms with Gasteiger partial charge in [-0.2, -0.15) is 0 Å². The Morgan fingerprint density at radius 1 is 1.44 bits per heavy atom. The number of aliphatic carboxylic acids is 1. The molecule has 1 heterocycles. The minimum atomic E-state index is -0.858. The van der Waals surface area contributed by atoms with E-state index in [0.29, 0.717) is 13.0 Å². The zero-order valence-corrected chi connectivity index (χ0v) is 11.5. The van der Waals surface area contributed by atoms with Crippen LogP contribution in [0.15, 0.2) is 28.7 Å². The van der Waals surface area contributed by atoms with Crippen LogP contribution < -0.4 is 5.32 Å². The van der Waals surface area contributed by atoms with E-state index in [9.17, 15) is 4.79 Å². The van der Waals surface area contributed by atoms with Crippen molar-refractivity contribution in [1.82, 2.24) is 5.32 Å². The lowest BCUT2D eigenvalue weighted by atomic mass is 10.2. The van der Waals surface area contributed by atoms with Crippen LogP contribution in [0.4, 0.5) is 0 Å². The van der Waals surface area contributed by atoms with Gasteiger partial charge in [0, 0.05) is 17.6 Å². The van der Waals surface area contributed by atoms with Gasteiger partial charge in [0.2, 0.25) is 0 Å². The molecule has 0 radical (unpaired) electrons. The Morgan fingerprint density at radius 3 is 2.89 bits per heavy atom. The normalized spacial score (nSPS) is 23.2. The van der Waals surface area contributed by atoms with Crippen molar-refractivity contribution < 1.29 is 14.6 Å². The van der Waals surface area contributed by atoms with E-state index >= 15 is 0 Å². The molecule has 2 atom stereocenters. The summed E-state index contributed by atoms with van der Waals surface area (Å²) in [7, 11) is 0. The highest BCUT2D eigenvalue weighted by Gasteiger charge is 2.29. The van der Waals surface area contributed by atoms with Gasteiger partial charge in [0.1, 0.15) is 0 Å². The average molecular weight is 314 g/mol. The molecule has 2 N–H and O–H groups in total. The number of hydrogen-bond donors (Lipinski definition) is 2. The molecule has 1 aromatic rings. The molecule has 1 saturated heterocycles. The predicted molar refractivity (Wildman–Crippen MR) is 71.4 cm³/mol. The van der Waals surface area contributed by atoms with Gasteiger partial charge in [0.05, 0.1) is 6.10 Å². The molecule has 0 aliphatic carbocycles. The topological polar surface area (TPSA) is 58.6 Å². The summed E-state index contributed by atoms with van der Waals surface area (Å²) in [5.41, 5.74) is 1.19. The maximum atomic E-state index is 10.7. The molecule has 4 nitrogen and oxygen atoms in total. The Kier molecular flexibility index (Phi) is 4.74. The van der Waals surface area contributed by atoms with E-state index in [1.165, 1.54) is 5.56 Å². The van der Waals surface area contributed by atoms with Gasteiger partial charge >= 0.3 is 5.97 Å². The van der Waals surface area contributed by atoms with Gasteiger partial charge in [0.15, 0.2) is 6.10 Å². The molecule has 0 aromatic heterocycles. The zero-order valence-electron chi connectivity index (χ0n) is 9.93. The number of carboxylic acids is 1. The van der Waals surface area contributed by atoms with E-state index in [4.69, 9.17) is 9.84 Å². The molecule has 2 unspecified atom stereocenters. The maximum Gasteiger partial charge on any atom is 0.332 e. The SMILES string of the molecule is O=C(O)C1CCC(CNCc2ccccc2Br)O1. The lowest BCUT2D eigenvalue weighted by molar-refractivity contribution is -0.149. The zero-order chi connectivity index (χ0) is 13.0. The Balaban J connectivity index is 1.74. The van der Waals surface area contributed by atoms with Crippen molar-refractivity contribution in [2.45, 2.75) is 31.6 Å². The summed E-state index contributed by atoms with van der Waals surface area (Å²) in [4.78, 5) is 10.7. The summed E-state index contributed by atoms with van der Waals surface area (Å²) in [5, 5.41) is 12.1. The summed E-state index contributed by atoms with van der Waals surface area (Å²) in [5.74, 6) is -0.858. The molecule has 5 heteroatoms. The quantitative estimate of drug-likeness (QED) is 0.874.